The molecule has 1 aliphatic rings. The van der Waals surface area contributed by atoms with Crippen molar-refractivity contribution in [3.8, 4) is 5.75 Å². The van der Waals surface area contributed by atoms with Gasteiger partial charge < -0.3 is 20.1 Å². The zero-order chi connectivity index (χ0) is 15.5. The second kappa shape index (κ2) is 6.71. The average molecular weight is 318 g/mol. The van der Waals surface area contributed by atoms with Gasteiger partial charge in [-0.2, -0.15) is 0 Å². The highest BCUT2D eigenvalue weighted by molar-refractivity contribution is 6.63. The lowest BCUT2D eigenvalue weighted by Crippen LogP contribution is -2.30. The molecule has 1 atom stereocenters. The van der Waals surface area contributed by atoms with Crippen LogP contribution in [0.3, 0.4) is 0 Å². The van der Waals surface area contributed by atoms with E-state index >= 15 is 0 Å². The first-order valence-electron chi connectivity index (χ1n) is 7.23. The second-order valence-electron chi connectivity index (χ2n) is 5.17. The van der Waals surface area contributed by atoms with Crippen LogP contribution in [0.4, 0.5) is 0 Å². The minimum Gasteiger partial charge on any atom is -0.494 e. The van der Waals surface area contributed by atoms with E-state index in [9.17, 15) is 5.02 Å². The topological polar surface area (TPSA) is 64.7 Å². The smallest absolute Gasteiger partial charge is 0.494 e. The van der Waals surface area contributed by atoms with E-state index in [4.69, 9.17) is 26.7 Å². The number of benzene rings is 2. The molecule has 2 aromatic rings. The van der Waals surface area contributed by atoms with Crippen molar-refractivity contribution in [3.05, 3.63) is 58.6 Å². The van der Waals surface area contributed by atoms with Gasteiger partial charge in [-0.1, -0.05) is 41.9 Å². The lowest BCUT2D eigenvalue weighted by Gasteiger charge is -2.13. The summed E-state index contributed by atoms with van der Waals surface area (Å²) in [5.41, 5.74) is 8.19. The molecule has 0 radical (unpaired) electrons. The van der Waals surface area contributed by atoms with Gasteiger partial charge in [-0.15, -0.1) is 0 Å². The van der Waals surface area contributed by atoms with Crippen molar-refractivity contribution in [2.45, 2.75) is 12.5 Å². The van der Waals surface area contributed by atoms with E-state index < -0.39 is 13.2 Å². The molecule has 6 heteroatoms. The third-order valence-corrected chi connectivity index (χ3v) is 4.09. The van der Waals surface area contributed by atoms with Gasteiger partial charge in [0.25, 0.3) is 0 Å². The summed E-state index contributed by atoms with van der Waals surface area (Å²) >= 11 is 6.21. The summed E-state index contributed by atoms with van der Waals surface area (Å²) in [5, 5.41) is 10.6. The fraction of sp³-hybridized carbons (Fsp3) is 0.250. The molecule has 0 amide bonds. The fourth-order valence-corrected chi connectivity index (χ4v) is 2.97. The van der Waals surface area contributed by atoms with Crippen molar-refractivity contribution in [2.75, 3.05) is 13.2 Å². The first-order valence-corrected chi connectivity index (χ1v) is 7.61. The zero-order valence-corrected chi connectivity index (χ0v) is 12.8. The summed E-state index contributed by atoms with van der Waals surface area (Å²) in [7, 11) is -1.05. The van der Waals surface area contributed by atoms with Gasteiger partial charge in [0.05, 0.1) is 12.7 Å². The molecule has 22 heavy (non-hydrogen) atoms. The monoisotopic (exact) mass is 317 g/mol. The molecule has 1 unspecified atom stereocenters. The van der Waals surface area contributed by atoms with Gasteiger partial charge in [-0.25, -0.2) is 0 Å². The van der Waals surface area contributed by atoms with E-state index in [-0.39, 0.29) is 6.54 Å². The Balaban J connectivity index is 1.76. The molecular formula is C16H17BClNO3. The normalized spacial score (nSPS) is 16.7. The van der Waals surface area contributed by atoms with Gasteiger partial charge >= 0.3 is 7.12 Å². The number of rotatable bonds is 5. The van der Waals surface area contributed by atoms with E-state index in [1.165, 1.54) is 5.56 Å². The highest BCUT2D eigenvalue weighted by atomic mass is 35.5. The van der Waals surface area contributed by atoms with E-state index in [2.05, 4.69) is 12.1 Å². The summed E-state index contributed by atoms with van der Waals surface area (Å²) in [6.07, 6.45) is 0.394. The molecule has 0 aliphatic carbocycles. The number of nitrogens with two attached hydrogens (primary N) is 1. The summed E-state index contributed by atoms with van der Waals surface area (Å²) in [5.74, 6) is 0.596. The molecule has 0 saturated heterocycles. The number of hydrogen-bond acceptors (Lipinski definition) is 4. The van der Waals surface area contributed by atoms with Crippen molar-refractivity contribution >= 4 is 24.2 Å². The van der Waals surface area contributed by atoms with Crippen LogP contribution in [0.1, 0.15) is 17.2 Å². The molecule has 0 spiro atoms. The standard InChI is InChI=1S/C16H17BClNO3/c18-12-6-7-13(16-15(12)14(10-19)22-17(16)20)21-9-8-11-4-2-1-3-5-11/h1-7,14,20H,8-10,19H2. The third kappa shape index (κ3) is 2.98. The predicted octanol–water partition coefficient (Wildman–Crippen LogP) is 1.68. The Hall–Kier alpha value is -1.53. The first kappa shape index (κ1) is 15.4. The predicted molar refractivity (Wildman–Crippen MR) is 87.6 cm³/mol. The van der Waals surface area contributed by atoms with Crippen LogP contribution in [-0.4, -0.2) is 25.3 Å². The summed E-state index contributed by atoms with van der Waals surface area (Å²) < 4.78 is 11.3. The average Bonchev–Trinajstić information content (AvgIpc) is 2.89. The van der Waals surface area contributed by atoms with Crippen LogP contribution in [0.2, 0.25) is 5.02 Å². The van der Waals surface area contributed by atoms with Gasteiger partial charge in [0.2, 0.25) is 0 Å². The van der Waals surface area contributed by atoms with Crippen molar-refractivity contribution in [3.63, 3.8) is 0 Å². The minimum atomic E-state index is -1.05. The molecule has 0 aromatic heterocycles. The van der Waals surface area contributed by atoms with Crippen LogP contribution in [0, 0.1) is 0 Å². The molecule has 1 aliphatic heterocycles. The van der Waals surface area contributed by atoms with Crippen LogP contribution in [0.15, 0.2) is 42.5 Å². The van der Waals surface area contributed by atoms with Gasteiger partial charge in [0.15, 0.2) is 0 Å². The Morgan fingerprint density at radius 1 is 1.23 bits per heavy atom. The van der Waals surface area contributed by atoms with Crippen LogP contribution in [0.25, 0.3) is 0 Å². The van der Waals surface area contributed by atoms with Crippen molar-refractivity contribution in [1.29, 1.82) is 0 Å². The largest absolute Gasteiger partial charge is 0.495 e. The fourth-order valence-electron chi connectivity index (χ4n) is 2.69. The lowest BCUT2D eigenvalue weighted by molar-refractivity contribution is 0.198. The summed E-state index contributed by atoms with van der Waals surface area (Å²) in [6, 6.07) is 13.6. The Bertz CT molecular complexity index is 653. The van der Waals surface area contributed by atoms with E-state index in [0.717, 1.165) is 12.0 Å². The molecule has 2 aromatic carbocycles. The van der Waals surface area contributed by atoms with Gasteiger partial charge in [0, 0.05) is 29.0 Å². The molecular weight excluding hydrogens is 300 g/mol. The molecule has 1 heterocycles. The van der Waals surface area contributed by atoms with E-state index in [0.29, 0.717) is 22.8 Å². The molecule has 0 fully saturated rings. The minimum absolute atomic E-state index is 0.261. The van der Waals surface area contributed by atoms with Crippen molar-refractivity contribution in [1.82, 2.24) is 0 Å². The maximum atomic E-state index is 10.1. The van der Waals surface area contributed by atoms with Gasteiger partial charge in [-0.05, 0) is 17.7 Å². The molecule has 4 nitrogen and oxygen atoms in total. The Kier molecular flexibility index (Phi) is 4.69. The Morgan fingerprint density at radius 2 is 2.00 bits per heavy atom. The summed E-state index contributed by atoms with van der Waals surface area (Å²) in [6.45, 7) is 0.773. The van der Waals surface area contributed by atoms with Gasteiger partial charge in [-0.3, -0.25) is 0 Å². The van der Waals surface area contributed by atoms with E-state index in [1.807, 2.05) is 18.2 Å². The lowest BCUT2D eigenvalue weighted by atomic mass is 9.78. The van der Waals surface area contributed by atoms with Crippen molar-refractivity contribution < 1.29 is 14.4 Å². The number of halogens is 1. The molecule has 114 valence electrons. The van der Waals surface area contributed by atoms with Crippen LogP contribution in [0.5, 0.6) is 5.75 Å². The SMILES string of the molecule is NCC1OB(O)c2c(OCCc3ccccc3)ccc(Cl)c21. The Morgan fingerprint density at radius 3 is 2.73 bits per heavy atom. The second-order valence-corrected chi connectivity index (χ2v) is 5.58. The quantitative estimate of drug-likeness (QED) is 0.824. The third-order valence-electron chi connectivity index (χ3n) is 3.76. The highest BCUT2D eigenvalue weighted by Gasteiger charge is 2.39. The molecule has 3 rings (SSSR count). The molecule has 3 N–H and O–H groups in total. The van der Waals surface area contributed by atoms with Crippen LogP contribution >= 0.6 is 11.6 Å². The molecule has 0 saturated carbocycles. The summed E-state index contributed by atoms with van der Waals surface area (Å²) in [4.78, 5) is 0. The maximum absolute atomic E-state index is 10.1. The first-order chi connectivity index (χ1) is 10.7. The molecule has 0 bridgehead atoms. The Labute approximate surface area is 134 Å². The van der Waals surface area contributed by atoms with E-state index in [1.54, 1.807) is 12.1 Å². The maximum Gasteiger partial charge on any atom is 0.495 e. The number of ether oxygens (including phenoxy) is 1. The van der Waals surface area contributed by atoms with Crippen LogP contribution < -0.4 is 15.9 Å². The number of hydrogen-bond donors (Lipinski definition) is 2. The highest BCUT2D eigenvalue weighted by Crippen LogP contribution is 2.32. The zero-order valence-electron chi connectivity index (χ0n) is 12.0. The van der Waals surface area contributed by atoms with Crippen LogP contribution in [-0.2, 0) is 11.1 Å². The van der Waals surface area contributed by atoms with Gasteiger partial charge in [0.1, 0.15) is 5.75 Å². The number of fused-ring (bicyclic) bond motifs is 1. The van der Waals surface area contributed by atoms with Crippen molar-refractivity contribution in [2.24, 2.45) is 5.73 Å².